The Labute approximate surface area is 159 Å². The molecular formula is C19H18BrN3O3. The van der Waals surface area contributed by atoms with Crippen molar-refractivity contribution in [3.05, 3.63) is 70.3 Å². The van der Waals surface area contributed by atoms with Gasteiger partial charge in [-0.15, -0.1) is 0 Å². The summed E-state index contributed by atoms with van der Waals surface area (Å²) in [5.74, 6) is 1.40. The minimum absolute atomic E-state index is 0.276. The maximum atomic E-state index is 12.7. The van der Waals surface area contributed by atoms with Gasteiger partial charge >= 0.3 is 0 Å². The number of hydrogen-bond acceptors (Lipinski definition) is 4. The molecule has 1 heterocycles. The third-order valence-electron chi connectivity index (χ3n) is 3.86. The van der Waals surface area contributed by atoms with Gasteiger partial charge in [-0.2, -0.15) is 5.10 Å². The fourth-order valence-corrected chi connectivity index (χ4v) is 2.76. The number of benzene rings is 2. The van der Waals surface area contributed by atoms with Gasteiger partial charge in [0.15, 0.2) is 0 Å². The molecule has 0 atom stereocenters. The summed E-state index contributed by atoms with van der Waals surface area (Å²) in [6.07, 6.45) is 1.65. The van der Waals surface area contributed by atoms with Crippen LogP contribution in [0.15, 0.2) is 59.2 Å². The Kier molecular flexibility index (Phi) is 5.58. The van der Waals surface area contributed by atoms with Crippen LogP contribution in [0.5, 0.6) is 11.5 Å². The number of hydrogen-bond donors (Lipinski definition) is 1. The number of amides is 1. The molecule has 0 spiro atoms. The molecule has 1 amide bonds. The van der Waals surface area contributed by atoms with Gasteiger partial charge in [-0.3, -0.25) is 4.79 Å². The molecule has 7 heteroatoms. The lowest BCUT2D eigenvalue weighted by molar-refractivity contribution is 0.102. The van der Waals surface area contributed by atoms with Crippen LogP contribution in [0.3, 0.4) is 0 Å². The zero-order chi connectivity index (χ0) is 18.5. The fourth-order valence-electron chi connectivity index (χ4n) is 2.50. The van der Waals surface area contributed by atoms with Crippen molar-refractivity contribution >= 4 is 27.7 Å². The first-order valence-corrected chi connectivity index (χ1v) is 8.69. The molecule has 6 nitrogen and oxygen atoms in total. The molecule has 0 saturated heterocycles. The molecule has 26 heavy (non-hydrogen) atoms. The summed E-state index contributed by atoms with van der Waals surface area (Å²) in [4.78, 5) is 12.7. The standard InChI is InChI=1S/C19H18BrN3O3/c1-25-15-7-8-16(17(11-15)26-2)19(24)22-18-9-10-21-23(18)12-13-3-5-14(20)6-4-13/h3-11H,12H2,1-2H3,(H,22,24). The molecule has 0 aliphatic carbocycles. The third kappa shape index (κ3) is 4.05. The van der Waals surface area contributed by atoms with Crippen LogP contribution in [0.25, 0.3) is 0 Å². The zero-order valence-corrected chi connectivity index (χ0v) is 16.0. The third-order valence-corrected chi connectivity index (χ3v) is 4.39. The van der Waals surface area contributed by atoms with Crippen LogP contribution < -0.4 is 14.8 Å². The van der Waals surface area contributed by atoms with E-state index >= 15 is 0 Å². The predicted molar refractivity (Wildman–Crippen MR) is 103 cm³/mol. The number of methoxy groups -OCH3 is 2. The van der Waals surface area contributed by atoms with E-state index in [0.717, 1.165) is 10.0 Å². The number of aromatic nitrogens is 2. The molecule has 0 aliphatic heterocycles. The first-order valence-electron chi connectivity index (χ1n) is 7.90. The Hall–Kier alpha value is -2.80. The van der Waals surface area contributed by atoms with E-state index in [0.29, 0.717) is 29.4 Å². The smallest absolute Gasteiger partial charge is 0.260 e. The second kappa shape index (κ2) is 8.05. The molecule has 2 aromatic carbocycles. The Morgan fingerprint density at radius 1 is 1.12 bits per heavy atom. The highest BCUT2D eigenvalue weighted by atomic mass is 79.9. The van der Waals surface area contributed by atoms with Gasteiger partial charge in [0.2, 0.25) is 0 Å². The lowest BCUT2D eigenvalue weighted by atomic mass is 10.1. The van der Waals surface area contributed by atoms with Crippen molar-refractivity contribution in [2.75, 3.05) is 19.5 Å². The van der Waals surface area contributed by atoms with E-state index in [1.165, 1.54) is 7.11 Å². The Morgan fingerprint density at radius 3 is 2.58 bits per heavy atom. The average molecular weight is 416 g/mol. The number of nitrogens with zero attached hydrogens (tertiary/aromatic N) is 2. The quantitative estimate of drug-likeness (QED) is 0.661. The number of halogens is 1. The molecule has 134 valence electrons. The van der Waals surface area contributed by atoms with Gasteiger partial charge in [0.1, 0.15) is 17.3 Å². The SMILES string of the molecule is COc1ccc(C(=O)Nc2ccnn2Cc2ccc(Br)cc2)c(OC)c1. The van der Waals surface area contributed by atoms with Gasteiger partial charge in [-0.25, -0.2) is 4.68 Å². The van der Waals surface area contributed by atoms with Crippen LogP contribution >= 0.6 is 15.9 Å². The van der Waals surface area contributed by atoms with E-state index in [1.54, 1.807) is 42.3 Å². The van der Waals surface area contributed by atoms with Crippen LogP contribution in [0.4, 0.5) is 5.82 Å². The summed E-state index contributed by atoms with van der Waals surface area (Å²) in [6, 6.07) is 14.8. The molecule has 0 unspecified atom stereocenters. The molecule has 1 aromatic heterocycles. The second-order valence-corrected chi connectivity index (χ2v) is 6.44. The van der Waals surface area contributed by atoms with Crippen LogP contribution in [0.2, 0.25) is 0 Å². The maximum Gasteiger partial charge on any atom is 0.260 e. The lowest BCUT2D eigenvalue weighted by Crippen LogP contribution is -2.17. The summed E-state index contributed by atoms with van der Waals surface area (Å²) in [7, 11) is 3.08. The first kappa shape index (κ1) is 18.0. The monoisotopic (exact) mass is 415 g/mol. The van der Waals surface area contributed by atoms with E-state index in [1.807, 2.05) is 24.3 Å². The molecule has 1 N–H and O–H groups in total. The van der Waals surface area contributed by atoms with Crippen LogP contribution in [-0.4, -0.2) is 29.9 Å². The van der Waals surface area contributed by atoms with Gasteiger partial charge < -0.3 is 14.8 Å². The van der Waals surface area contributed by atoms with Gasteiger partial charge in [-0.1, -0.05) is 28.1 Å². The van der Waals surface area contributed by atoms with Crippen molar-refractivity contribution in [2.24, 2.45) is 0 Å². The Bertz CT molecular complexity index is 907. The van der Waals surface area contributed by atoms with Crippen molar-refractivity contribution in [1.82, 2.24) is 9.78 Å². The molecule has 3 rings (SSSR count). The van der Waals surface area contributed by atoms with Crippen LogP contribution in [0, 0.1) is 0 Å². The summed E-state index contributed by atoms with van der Waals surface area (Å²) in [6.45, 7) is 0.551. The van der Waals surface area contributed by atoms with Crippen LogP contribution in [0.1, 0.15) is 15.9 Å². The van der Waals surface area contributed by atoms with E-state index < -0.39 is 0 Å². The molecular weight excluding hydrogens is 398 g/mol. The number of carbonyl (C=O) groups is 1. The van der Waals surface area contributed by atoms with E-state index in [9.17, 15) is 4.79 Å². The highest BCUT2D eigenvalue weighted by Crippen LogP contribution is 2.25. The van der Waals surface area contributed by atoms with Gasteiger partial charge in [0, 0.05) is 16.6 Å². The number of carbonyl (C=O) groups excluding carboxylic acids is 1. The van der Waals surface area contributed by atoms with E-state index in [4.69, 9.17) is 9.47 Å². The van der Waals surface area contributed by atoms with Crippen molar-refractivity contribution in [2.45, 2.75) is 6.54 Å². The van der Waals surface area contributed by atoms with Crippen molar-refractivity contribution < 1.29 is 14.3 Å². The summed E-state index contributed by atoms with van der Waals surface area (Å²) in [5, 5.41) is 7.17. The van der Waals surface area contributed by atoms with Gasteiger partial charge in [0.25, 0.3) is 5.91 Å². The molecule has 3 aromatic rings. The maximum absolute atomic E-state index is 12.7. The van der Waals surface area contributed by atoms with Crippen molar-refractivity contribution in [3.63, 3.8) is 0 Å². The molecule has 0 saturated carbocycles. The molecule has 0 fully saturated rings. The van der Waals surface area contributed by atoms with Crippen molar-refractivity contribution in [3.8, 4) is 11.5 Å². The van der Waals surface area contributed by atoms with Gasteiger partial charge in [0.05, 0.1) is 32.5 Å². The molecule has 0 bridgehead atoms. The average Bonchev–Trinajstić information content (AvgIpc) is 3.09. The molecule has 0 aliphatic rings. The number of rotatable bonds is 6. The normalized spacial score (nSPS) is 10.4. The van der Waals surface area contributed by atoms with Crippen molar-refractivity contribution in [1.29, 1.82) is 0 Å². The zero-order valence-electron chi connectivity index (χ0n) is 14.4. The van der Waals surface area contributed by atoms with E-state index in [2.05, 4.69) is 26.3 Å². The predicted octanol–water partition coefficient (Wildman–Crippen LogP) is 3.96. The largest absolute Gasteiger partial charge is 0.497 e. The molecule has 0 radical (unpaired) electrons. The van der Waals surface area contributed by atoms with E-state index in [-0.39, 0.29) is 5.91 Å². The Balaban J connectivity index is 1.78. The number of ether oxygens (including phenoxy) is 2. The first-order chi connectivity index (χ1) is 12.6. The minimum atomic E-state index is -0.276. The highest BCUT2D eigenvalue weighted by Gasteiger charge is 2.15. The number of anilines is 1. The fraction of sp³-hybridized carbons (Fsp3) is 0.158. The summed E-state index contributed by atoms with van der Waals surface area (Å²) in [5.41, 5.74) is 1.50. The van der Waals surface area contributed by atoms with Crippen LogP contribution in [-0.2, 0) is 6.54 Å². The minimum Gasteiger partial charge on any atom is -0.497 e. The summed E-state index contributed by atoms with van der Waals surface area (Å²) >= 11 is 3.42. The highest BCUT2D eigenvalue weighted by molar-refractivity contribution is 9.10. The second-order valence-electron chi connectivity index (χ2n) is 5.52. The lowest BCUT2D eigenvalue weighted by Gasteiger charge is -2.12. The topological polar surface area (TPSA) is 65.4 Å². The Morgan fingerprint density at radius 2 is 1.88 bits per heavy atom. The number of nitrogens with one attached hydrogen (secondary N) is 1. The summed E-state index contributed by atoms with van der Waals surface area (Å²) < 4.78 is 13.2. The van der Waals surface area contributed by atoms with Gasteiger partial charge in [-0.05, 0) is 29.8 Å².